The molecule has 0 saturated carbocycles. The Hall–Kier alpha value is -1.95. The fourth-order valence-electron chi connectivity index (χ4n) is 7.06. The van der Waals surface area contributed by atoms with Crippen molar-refractivity contribution in [2.45, 2.75) is 89.3 Å². The van der Waals surface area contributed by atoms with Crippen molar-refractivity contribution >= 4 is 5.91 Å². The highest BCUT2D eigenvalue weighted by Crippen LogP contribution is 2.40. The maximum absolute atomic E-state index is 13.0. The molecular weight excluding hydrogens is 444 g/mol. The van der Waals surface area contributed by atoms with Crippen molar-refractivity contribution in [3.8, 4) is 0 Å². The van der Waals surface area contributed by atoms with E-state index in [0.717, 1.165) is 51.9 Å². The van der Waals surface area contributed by atoms with E-state index in [0.29, 0.717) is 18.1 Å². The molecule has 0 aromatic carbocycles. The van der Waals surface area contributed by atoms with E-state index in [1.807, 2.05) is 0 Å². The maximum Gasteiger partial charge on any atom is 0.241 e. The Labute approximate surface area is 218 Å². The highest BCUT2D eigenvalue weighted by Gasteiger charge is 2.43. The Bertz CT molecular complexity index is 925. The van der Waals surface area contributed by atoms with Crippen LogP contribution in [-0.4, -0.2) is 71.6 Å². The van der Waals surface area contributed by atoms with Crippen molar-refractivity contribution in [2.24, 2.45) is 5.92 Å². The van der Waals surface area contributed by atoms with Gasteiger partial charge >= 0.3 is 0 Å². The van der Waals surface area contributed by atoms with Crippen LogP contribution in [0, 0.1) is 5.92 Å². The van der Waals surface area contributed by atoms with E-state index in [4.69, 9.17) is 0 Å². The quantitative estimate of drug-likeness (QED) is 0.477. The average molecular weight is 491 g/mol. The molecule has 0 radical (unpaired) electrons. The second-order valence-electron chi connectivity index (χ2n) is 11.4. The minimum atomic E-state index is -0.0632. The molecule has 0 spiro atoms. The second-order valence-corrected chi connectivity index (χ2v) is 11.4. The van der Waals surface area contributed by atoms with E-state index in [1.54, 1.807) is 5.57 Å². The molecule has 4 atom stereocenters. The predicted octanol–water partition coefficient (Wildman–Crippen LogP) is 5.16. The number of piperidine rings is 1. The van der Waals surface area contributed by atoms with Gasteiger partial charge in [0.2, 0.25) is 5.91 Å². The van der Waals surface area contributed by atoms with Crippen molar-refractivity contribution in [3.63, 3.8) is 0 Å². The first-order chi connectivity index (χ1) is 17.7. The minimum absolute atomic E-state index is 0.0632. The zero-order chi connectivity index (χ0) is 24.9. The summed E-state index contributed by atoms with van der Waals surface area (Å²) in [6.07, 6.45) is 25.5. The predicted molar refractivity (Wildman–Crippen MR) is 148 cm³/mol. The Kier molecular flexibility index (Phi) is 8.61. The van der Waals surface area contributed by atoms with Gasteiger partial charge in [-0.25, -0.2) is 5.01 Å². The van der Waals surface area contributed by atoms with Crippen LogP contribution in [0.1, 0.15) is 71.1 Å². The van der Waals surface area contributed by atoms with Gasteiger partial charge in [0, 0.05) is 44.8 Å². The zero-order valence-electron chi connectivity index (χ0n) is 22.3. The number of nitrogens with one attached hydrogen (secondary N) is 1. The molecule has 3 aliphatic heterocycles. The third-order valence-corrected chi connectivity index (χ3v) is 8.98. The van der Waals surface area contributed by atoms with Gasteiger partial charge in [0.1, 0.15) is 0 Å². The monoisotopic (exact) mass is 490 g/mol. The molecule has 5 rings (SSSR count). The molecule has 3 fully saturated rings. The van der Waals surface area contributed by atoms with E-state index in [-0.39, 0.29) is 11.8 Å². The van der Waals surface area contributed by atoms with Crippen LogP contribution >= 0.6 is 0 Å². The fraction of sp³-hybridized carbons (Fsp3) is 0.645. The van der Waals surface area contributed by atoms with Crippen molar-refractivity contribution < 1.29 is 4.79 Å². The van der Waals surface area contributed by atoms with Crippen LogP contribution in [0.4, 0.5) is 0 Å². The summed E-state index contributed by atoms with van der Waals surface area (Å²) >= 11 is 0. The molecule has 2 aliphatic carbocycles. The molecule has 0 aromatic rings. The lowest BCUT2D eigenvalue weighted by Crippen LogP contribution is -2.48. The molecule has 5 aliphatic rings. The Morgan fingerprint density at radius 1 is 1.14 bits per heavy atom. The summed E-state index contributed by atoms with van der Waals surface area (Å²) in [5.41, 5.74) is 7.67. The van der Waals surface area contributed by atoms with Crippen LogP contribution in [0.5, 0.6) is 0 Å². The highest BCUT2D eigenvalue weighted by molar-refractivity contribution is 5.80. The molecule has 36 heavy (non-hydrogen) atoms. The number of fused-ring (bicyclic) bond motifs is 2. The fourth-order valence-corrected chi connectivity index (χ4v) is 7.06. The summed E-state index contributed by atoms with van der Waals surface area (Å²) in [7, 11) is 0. The average Bonchev–Trinajstić information content (AvgIpc) is 3.21. The third kappa shape index (κ3) is 5.79. The SMILES string of the molecule is C=CCN1CCC2CCC(C1)N2C(C1=CCC(C(=O)NN2CCCCC2)C=C1)C1=CC(CC)=CCC1. The number of allylic oxidation sites excluding steroid dienone is 4. The maximum atomic E-state index is 13.0. The Morgan fingerprint density at radius 3 is 2.72 bits per heavy atom. The number of amides is 1. The molecule has 3 heterocycles. The van der Waals surface area contributed by atoms with Gasteiger partial charge in [-0.3, -0.25) is 20.0 Å². The number of rotatable bonds is 8. The van der Waals surface area contributed by atoms with Gasteiger partial charge in [0.15, 0.2) is 0 Å². The molecule has 0 aromatic heterocycles. The summed E-state index contributed by atoms with van der Waals surface area (Å²) in [4.78, 5) is 18.5. The number of nitrogens with zero attached hydrogens (tertiary/aromatic N) is 3. The summed E-state index contributed by atoms with van der Waals surface area (Å²) in [6.45, 7) is 11.5. The Balaban J connectivity index is 1.36. The molecule has 3 saturated heterocycles. The van der Waals surface area contributed by atoms with E-state index in [1.165, 1.54) is 56.2 Å². The first kappa shape index (κ1) is 25.7. The topological polar surface area (TPSA) is 38.8 Å². The number of likely N-dealkylation sites (tertiary alicyclic amines) is 1. The second kappa shape index (κ2) is 12.1. The normalized spacial score (nSPS) is 30.7. The zero-order valence-corrected chi connectivity index (χ0v) is 22.3. The largest absolute Gasteiger partial charge is 0.298 e. The smallest absolute Gasteiger partial charge is 0.241 e. The molecule has 1 amide bonds. The highest BCUT2D eigenvalue weighted by atomic mass is 16.2. The van der Waals surface area contributed by atoms with Crippen LogP contribution in [0.3, 0.4) is 0 Å². The molecule has 5 heteroatoms. The van der Waals surface area contributed by atoms with Gasteiger partial charge in [0.25, 0.3) is 0 Å². The summed E-state index contributed by atoms with van der Waals surface area (Å²) in [5.74, 6) is 0.0923. The summed E-state index contributed by atoms with van der Waals surface area (Å²) in [5, 5.41) is 2.12. The van der Waals surface area contributed by atoms with Crippen LogP contribution in [0.25, 0.3) is 0 Å². The minimum Gasteiger partial charge on any atom is -0.298 e. The summed E-state index contributed by atoms with van der Waals surface area (Å²) in [6, 6.07) is 1.57. The number of carbonyl (C=O) groups is 1. The lowest BCUT2D eigenvalue weighted by Gasteiger charge is -2.40. The summed E-state index contributed by atoms with van der Waals surface area (Å²) < 4.78 is 0. The van der Waals surface area contributed by atoms with Gasteiger partial charge in [-0.1, -0.05) is 55.4 Å². The third-order valence-electron chi connectivity index (χ3n) is 8.98. The standard InChI is InChI=1S/C31H46N4O/c1-3-18-33-21-17-28-15-16-29(23-33)35(28)30(27-10-8-9-24(4-2)22-27)25-11-13-26(14-12-25)31(36)32-34-19-6-5-7-20-34/h3,9,11-13,22,26,28-30H,1,4-8,10,14-21,23H2,2H3,(H,32,36). The van der Waals surface area contributed by atoms with E-state index < -0.39 is 0 Å². The molecular formula is C31H46N4O. The van der Waals surface area contributed by atoms with Crippen LogP contribution in [0.2, 0.25) is 0 Å². The van der Waals surface area contributed by atoms with Crippen LogP contribution in [-0.2, 0) is 4.79 Å². The van der Waals surface area contributed by atoms with Crippen LogP contribution in [0.15, 0.2) is 59.8 Å². The van der Waals surface area contributed by atoms with E-state index in [2.05, 4.69) is 70.2 Å². The van der Waals surface area contributed by atoms with Gasteiger partial charge in [0.05, 0.1) is 12.0 Å². The van der Waals surface area contributed by atoms with Crippen LogP contribution < -0.4 is 5.43 Å². The number of hydrogen-bond donors (Lipinski definition) is 1. The van der Waals surface area contributed by atoms with Gasteiger partial charge in [-0.15, -0.1) is 6.58 Å². The first-order valence-corrected chi connectivity index (χ1v) is 14.6. The molecule has 196 valence electrons. The number of hydrogen-bond acceptors (Lipinski definition) is 4. The van der Waals surface area contributed by atoms with Gasteiger partial charge < -0.3 is 0 Å². The number of hydrazine groups is 1. The number of carbonyl (C=O) groups excluding carboxylic acids is 1. The van der Waals surface area contributed by atoms with Gasteiger partial charge in [-0.2, -0.15) is 0 Å². The lowest BCUT2D eigenvalue weighted by atomic mass is 9.83. The molecule has 1 N–H and O–H groups in total. The van der Waals surface area contributed by atoms with Crippen molar-refractivity contribution in [3.05, 3.63) is 59.8 Å². The van der Waals surface area contributed by atoms with Gasteiger partial charge in [-0.05, 0) is 68.9 Å². The van der Waals surface area contributed by atoms with Crippen molar-refractivity contribution in [2.75, 3.05) is 32.7 Å². The molecule has 2 bridgehead atoms. The molecule has 4 unspecified atom stereocenters. The van der Waals surface area contributed by atoms with Crippen molar-refractivity contribution in [1.82, 2.24) is 20.2 Å². The lowest BCUT2D eigenvalue weighted by molar-refractivity contribution is -0.128. The van der Waals surface area contributed by atoms with E-state index >= 15 is 0 Å². The van der Waals surface area contributed by atoms with E-state index in [9.17, 15) is 4.79 Å². The Morgan fingerprint density at radius 2 is 1.97 bits per heavy atom. The van der Waals surface area contributed by atoms with Crippen molar-refractivity contribution in [1.29, 1.82) is 0 Å². The molecule has 5 nitrogen and oxygen atoms in total. The first-order valence-electron chi connectivity index (χ1n) is 14.6.